The number of esters is 1. The van der Waals surface area contributed by atoms with E-state index in [9.17, 15) is 4.79 Å². The van der Waals surface area contributed by atoms with E-state index in [-0.39, 0.29) is 12.1 Å². The molecule has 0 bridgehead atoms. The van der Waals surface area contributed by atoms with Gasteiger partial charge in [-0.2, -0.15) is 0 Å². The standard InChI is InChI=1S/C12H23NO2/c1-4-13(8-11-6-5-7-11)9-12(14)15-10(2)3/h10-11H,4-9H2,1-3H3. The smallest absolute Gasteiger partial charge is 0.320 e. The van der Waals surface area contributed by atoms with Crippen LogP contribution >= 0.6 is 0 Å². The minimum atomic E-state index is -0.0915. The molecule has 0 atom stereocenters. The molecule has 0 N–H and O–H groups in total. The Balaban J connectivity index is 2.22. The predicted molar refractivity (Wildman–Crippen MR) is 60.7 cm³/mol. The van der Waals surface area contributed by atoms with Crippen molar-refractivity contribution in [3.63, 3.8) is 0 Å². The minimum Gasteiger partial charge on any atom is -0.462 e. The van der Waals surface area contributed by atoms with Crippen molar-refractivity contribution >= 4 is 5.97 Å². The number of carbonyl (C=O) groups is 1. The molecule has 1 aliphatic carbocycles. The molecule has 0 spiro atoms. The molecule has 1 fully saturated rings. The molecule has 88 valence electrons. The molecular formula is C12H23NO2. The highest BCUT2D eigenvalue weighted by atomic mass is 16.5. The van der Waals surface area contributed by atoms with E-state index < -0.39 is 0 Å². The van der Waals surface area contributed by atoms with Gasteiger partial charge >= 0.3 is 5.97 Å². The van der Waals surface area contributed by atoms with Crippen LogP contribution in [0.15, 0.2) is 0 Å². The molecule has 3 nitrogen and oxygen atoms in total. The summed E-state index contributed by atoms with van der Waals surface area (Å²) in [6.07, 6.45) is 4.02. The lowest BCUT2D eigenvalue weighted by Crippen LogP contribution is -2.37. The molecule has 15 heavy (non-hydrogen) atoms. The summed E-state index contributed by atoms with van der Waals surface area (Å²) in [6.45, 7) is 8.32. The van der Waals surface area contributed by atoms with E-state index in [1.165, 1.54) is 19.3 Å². The highest BCUT2D eigenvalue weighted by Crippen LogP contribution is 2.26. The molecule has 0 aromatic heterocycles. The van der Waals surface area contributed by atoms with Gasteiger partial charge in [0.2, 0.25) is 0 Å². The van der Waals surface area contributed by atoms with E-state index in [1.807, 2.05) is 13.8 Å². The van der Waals surface area contributed by atoms with E-state index in [2.05, 4.69) is 11.8 Å². The molecule has 3 heteroatoms. The fourth-order valence-electron chi connectivity index (χ4n) is 1.83. The molecule has 1 aliphatic rings. The van der Waals surface area contributed by atoms with Crippen molar-refractivity contribution in [1.82, 2.24) is 4.90 Å². The minimum absolute atomic E-state index is 0.0000844. The molecule has 1 rings (SSSR count). The molecule has 0 heterocycles. The number of rotatable bonds is 6. The number of ether oxygens (including phenoxy) is 1. The monoisotopic (exact) mass is 213 g/mol. The Hall–Kier alpha value is -0.570. The lowest BCUT2D eigenvalue weighted by Gasteiger charge is -2.31. The van der Waals surface area contributed by atoms with Crippen LogP contribution in [0, 0.1) is 5.92 Å². The maximum absolute atomic E-state index is 11.4. The van der Waals surface area contributed by atoms with E-state index in [0.717, 1.165) is 19.0 Å². The Labute approximate surface area is 92.8 Å². The number of nitrogens with zero attached hydrogens (tertiary/aromatic N) is 1. The van der Waals surface area contributed by atoms with E-state index in [4.69, 9.17) is 4.74 Å². The fourth-order valence-corrected chi connectivity index (χ4v) is 1.83. The van der Waals surface area contributed by atoms with Crippen LogP contribution in [0.1, 0.15) is 40.0 Å². The van der Waals surface area contributed by atoms with Crippen molar-refractivity contribution in [2.24, 2.45) is 5.92 Å². The molecule has 0 saturated heterocycles. The van der Waals surface area contributed by atoms with Gasteiger partial charge < -0.3 is 4.74 Å². The Bertz CT molecular complexity index is 200. The second-order valence-electron chi connectivity index (χ2n) is 4.66. The van der Waals surface area contributed by atoms with Gasteiger partial charge in [-0.3, -0.25) is 9.69 Å². The Morgan fingerprint density at radius 2 is 2.13 bits per heavy atom. The zero-order valence-electron chi connectivity index (χ0n) is 10.2. The largest absolute Gasteiger partial charge is 0.462 e. The Morgan fingerprint density at radius 3 is 2.53 bits per heavy atom. The SMILES string of the molecule is CCN(CC(=O)OC(C)C)CC1CCC1. The molecule has 0 unspecified atom stereocenters. The highest BCUT2D eigenvalue weighted by Gasteiger charge is 2.21. The van der Waals surface area contributed by atoms with Gasteiger partial charge in [0.05, 0.1) is 12.6 Å². The van der Waals surface area contributed by atoms with Crippen molar-refractivity contribution in [3.8, 4) is 0 Å². The number of hydrogen-bond acceptors (Lipinski definition) is 3. The maximum Gasteiger partial charge on any atom is 0.320 e. The number of likely N-dealkylation sites (N-methyl/N-ethyl adjacent to an activating group) is 1. The van der Waals surface area contributed by atoms with E-state index in [0.29, 0.717) is 6.54 Å². The van der Waals surface area contributed by atoms with Gasteiger partial charge in [-0.1, -0.05) is 13.3 Å². The summed E-state index contributed by atoms with van der Waals surface area (Å²) in [6, 6.07) is 0. The van der Waals surface area contributed by atoms with Crippen molar-refractivity contribution in [1.29, 1.82) is 0 Å². The first kappa shape index (κ1) is 12.5. The summed E-state index contributed by atoms with van der Waals surface area (Å²) in [5, 5.41) is 0. The van der Waals surface area contributed by atoms with Crippen molar-refractivity contribution in [2.75, 3.05) is 19.6 Å². The summed E-state index contributed by atoms with van der Waals surface area (Å²) in [5.74, 6) is 0.725. The van der Waals surface area contributed by atoms with Crippen LogP contribution in [0.25, 0.3) is 0 Å². The van der Waals surface area contributed by atoms with Crippen LogP contribution in [0.4, 0.5) is 0 Å². The average molecular weight is 213 g/mol. The summed E-state index contributed by atoms with van der Waals surface area (Å²) in [5.41, 5.74) is 0. The molecule has 1 saturated carbocycles. The normalized spacial score (nSPS) is 16.9. The van der Waals surface area contributed by atoms with Crippen molar-refractivity contribution < 1.29 is 9.53 Å². The van der Waals surface area contributed by atoms with Crippen LogP contribution < -0.4 is 0 Å². The summed E-state index contributed by atoms with van der Waals surface area (Å²) >= 11 is 0. The number of carbonyl (C=O) groups excluding carboxylic acids is 1. The first-order valence-corrected chi connectivity index (χ1v) is 6.03. The van der Waals surface area contributed by atoms with Gasteiger partial charge in [0, 0.05) is 6.54 Å². The van der Waals surface area contributed by atoms with Gasteiger partial charge in [0.1, 0.15) is 0 Å². The predicted octanol–water partition coefficient (Wildman–Crippen LogP) is 2.06. The van der Waals surface area contributed by atoms with Gasteiger partial charge in [0.15, 0.2) is 0 Å². The van der Waals surface area contributed by atoms with Gasteiger partial charge in [0.25, 0.3) is 0 Å². The third kappa shape index (κ3) is 4.65. The van der Waals surface area contributed by atoms with E-state index >= 15 is 0 Å². The molecular weight excluding hydrogens is 190 g/mol. The third-order valence-electron chi connectivity index (χ3n) is 2.91. The highest BCUT2D eigenvalue weighted by molar-refractivity contribution is 5.71. The second kappa shape index (κ2) is 6.11. The van der Waals surface area contributed by atoms with Crippen LogP contribution in [-0.4, -0.2) is 36.6 Å². The fraction of sp³-hybridized carbons (Fsp3) is 0.917. The summed E-state index contributed by atoms with van der Waals surface area (Å²) in [7, 11) is 0. The summed E-state index contributed by atoms with van der Waals surface area (Å²) in [4.78, 5) is 13.6. The zero-order chi connectivity index (χ0) is 11.3. The number of hydrogen-bond donors (Lipinski definition) is 0. The molecule has 0 amide bonds. The van der Waals surface area contributed by atoms with Gasteiger partial charge in [-0.15, -0.1) is 0 Å². The first-order valence-electron chi connectivity index (χ1n) is 6.03. The third-order valence-corrected chi connectivity index (χ3v) is 2.91. The van der Waals surface area contributed by atoms with Gasteiger partial charge in [-0.05, 0) is 39.2 Å². The maximum atomic E-state index is 11.4. The summed E-state index contributed by atoms with van der Waals surface area (Å²) < 4.78 is 5.14. The molecule has 0 aliphatic heterocycles. The van der Waals surface area contributed by atoms with Crippen LogP contribution in [0.2, 0.25) is 0 Å². The van der Waals surface area contributed by atoms with Crippen molar-refractivity contribution in [2.45, 2.75) is 46.1 Å². The first-order chi connectivity index (χ1) is 7.11. The Morgan fingerprint density at radius 1 is 1.47 bits per heavy atom. The molecule has 0 aromatic carbocycles. The van der Waals surface area contributed by atoms with Crippen LogP contribution in [0.3, 0.4) is 0 Å². The van der Waals surface area contributed by atoms with Crippen LogP contribution in [0.5, 0.6) is 0 Å². The Kier molecular flexibility index (Phi) is 5.09. The lowest BCUT2D eigenvalue weighted by molar-refractivity contribution is -0.148. The average Bonchev–Trinajstić information content (AvgIpc) is 2.07. The topological polar surface area (TPSA) is 29.5 Å². The van der Waals surface area contributed by atoms with Crippen molar-refractivity contribution in [3.05, 3.63) is 0 Å². The molecule has 0 radical (unpaired) electrons. The quantitative estimate of drug-likeness (QED) is 0.632. The van der Waals surface area contributed by atoms with Gasteiger partial charge in [-0.25, -0.2) is 0 Å². The second-order valence-corrected chi connectivity index (χ2v) is 4.66. The zero-order valence-corrected chi connectivity index (χ0v) is 10.2. The molecule has 0 aromatic rings. The van der Waals surface area contributed by atoms with Crippen LogP contribution in [-0.2, 0) is 9.53 Å². The van der Waals surface area contributed by atoms with E-state index in [1.54, 1.807) is 0 Å². The lowest BCUT2D eigenvalue weighted by atomic mass is 9.85.